The number of esters is 1. The molecule has 0 aromatic carbocycles. The number of hydrogen-bond acceptors (Lipinski definition) is 8. The zero-order valence-corrected chi connectivity index (χ0v) is 37.2. The lowest BCUT2D eigenvalue weighted by molar-refractivity contribution is -0.147. The Morgan fingerprint density at radius 3 is 1.48 bits per heavy atom. The van der Waals surface area contributed by atoms with E-state index in [2.05, 4.69) is 67.8 Å². The summed E-state index contributed by atoms with van der Waals surface area (Å²) >= 11 is 0. The normalized spacial score (nSPS) is 14.1. The van der Waals surface area contributed by atoms with Crippen LogP contribution in [0.25, 0.3) is 0 Å². The van der Waals surface area contributed by atoms with E-state index >= 15 is 0 Å². The fourth-order valence-electron chi connectivity index (χ4n) is 6.01. The Morgan fingerprint density at radius 1 is 0.552 bits per heavy atom. The number of phosphoric ester groups is 1. The first-order valence-corrected chi connectivity index (χ1v) is 24.2. The number of hydrogen-bond donors (Lipinski definition) is 4. The van der Waals surface area contributed by atoms with Crippen molar-refractivity contribution in [3.63, 3.8) is 0 Å². The summed E-state index contributed by atoms with van der Waals surface area (Å²) in [4.78, 5) is 45.8. The van der Waals surface area contributed by atoms with Gasteiger partial charge in [0.25, 0.3) is 0 Å². The minimum absolute atomic E-state index is 0.134. The predicted octanol–water partition coefficient (Wildman–Crippen LogP) is 11.8. The third-order valence-electron chi connectivity index (χ3n) is 9.59. The number of carbonyl (C=O) groups excluding carboxylic acids is 2. The molecular weight excluding hydrogens is 757 g/mol. The van der Waals surface area contributed by atoms with Crippen molar-refractivity contribution in [3.05, 3.63) is 48.6 Å². The Labute approximate surface area is 352 Å². The van der Waals surface area contributed by atoms with Crippen LogP contribution < -0.4 is 5.32 Å². The molecule has 1 amide bonds. The highest BCUT2D eigenvalue weighted by molar-refractivity contribution is 7.47. The van der Waals surface area contributed by atoms with Gasteiger partial charge in [0.15, 0.2) is 6.04 Å². The molecule has 336 valence electrons. The minimum atomic E-state index is -4.76. The van der Waals surface area contributed by atoms with Crippen LogP contribution >= 0.6 is 7.82 Å². The zero-order valence-electron chi connectivity index (χ0n) is 36.3. The van der Waals surface area contributed by atoms with Crippen LogP contribution in [0.4, 0.5) is 0 Å². The van der Waals surface area contributed by atoms with E-state index in [4.69, 9.17) is 13.8 Å². The van der Waals surface area contributed by atoms with Crippen molar-refractivity contribution in [3.8, 4) is 0 Å². The first kappa shape index (κ1) is 55.4. The summed E-state index contributed by atoms with van der Waals surface area (Å²) in [7, 11) is -4.76. The molecule has 0 aliphatic rings. The summed E-state index contributed by atoms with van der Waals surface area (Å²) < 4.78 is 26.8. The molecule has 0 aromatic rings. The lowest BCUT2D eigenvalue weighted by Crippen LogP contribution is -2.43. The van der Waals surface area contributed by atoms with E-state index in [1.165, 1.54) is 77.0 Å². The van der Waals surface area contributed by atoms with E-state index in [-0.39, 0.29) is 12.8 Å². The number of aliphatic carboxylic acids is 1. The molecule has 0 aliphatic heterocycles. The number of carboxylic acids is 1. The van der Waals surface area contributed by atoms with Gasteiger partial charge in [-0.25, -0.2) is 9.36 Å². The maximum Gasteiger partial charge on any atom is 0.472 e. The van der Waals surface area contributed by atoms with E-state index in [0.717, 1.165) is 77.0 Å². The molecular formula is C46H82NO10P. The fourth-order valence-corrected chi connectivity index (χ4v) is 6.78. The monoisotopic (exact) mass is 840 g/mol. The molecule has 3 unspecified atom stereocenters. The molecule has 4 N–H and O–H groups in total. The number of unbranched alkanes of at least 4 members (excludes halogenated alkanes) is 20. The van der Waals surface area contributed by atoms with Gasteiger partial charge in [-0.1, -0.05) is 159 Å². The standard InChI is InChI=1S/C46H82NO10P/c1-3-5-7-9-11-13-15-16-17-18-19-20-21-22-23-24-25-26-28-30-32-34-36-38-45(50)55-39-42(48)40-56-58(53,54)57-41-43(46(51)52)47-44(49)37-35-33-31-29-27-14-12-10-8-6-4-2/h10-13,16-17,19-20,42-43,48H,3-9,14-15,18,21-41H2,1-2H3,(H,47,49)(H,51,52)(H,53,54)/b12-10-,13-11-,17-16-,20-19-. The second-order valence-corrected chi connectivity index (χ2v) is 16.7. The van der Waals surface area contributed by atoms with E-state index in [0.29, 0.717) is 12.8 Å². The number of allylic oxidation sites excluding steroid dienone is 8. The topological polar surface area (TPSA) is 169 Å². The Balaban J connectivity index is 3.84. The highest BCUT2D eigenvalue weighted by Crippen LogP contribution is 2.43. The summed E-state index contributed by atoms with van der Waals surface area (Å²) in [6.07, 6.45) is 45.7. The van der Waals surface area contributed by atoms with Gasteiger partial charge < -0.3 is 25.2 Å². The van der Waals surface area contributed by atoms with Crippen molar-refractivity contribution in [2.24, 2.45) is 0 Å². The van der Waals surface area contributed by atoms with E-state index in [9.17, 15) is 34.1 Å². The molecule has 0 saturated carbocycles. The van der Waals surface area contributed by atoms with Gasteiger partial charge >= 0.3 is 19.8 Å². The first-order valence-electron chi connectivity index (χ1n) is 22.7. The molecule has 0 bridgehead atoms. The third-order valence-corrected chi connectivity index (χ3v) is 10.5. The second-order valence-electron chi connectivity index (χ2n) is 15.2. The number of amides is 1. The molecule has 0 aromatic heterocycles. The number of ether oxygens (including phenoxy) is 1. The molecule has 58 heavy (non-hydrogen) atoms. The van der Waals surface area contributed by atoms with Crippen LogP contribution in [0.3, 0.4) is 0 Å². The lowest BCUT2D eigenvalue weighted by Gasteiger charge is -2.18. The average Bonchev–Trinajstić information content (AvgIpc) is 3.20. The molecule has 3 atom stereocenters. The minimum Gasteiger partial charge on any atom is -0.480 e. The van der Waals surface area contributed by atoms with Gasteiger partial charge in [0.05, 0.1) is 13.2 Å². The van der Waals surface area contributed by atoms with Crippen molar-refractivity contribution in [2.75, 3.05) is 19.8 Å². The number of nitrogens with one attached hydrogen (secondary N) is 1. The maximum atomic E-state index is 12.3. The Bertz CT molecular complexity index is 1170. The number of carboxylic acid groups (broad SMARTS) is 1. The summed E-state index contributed by atoms with van der Waals surface area (Å²) in [5.74, 6) is -2.39. The zero-order chi connectivity index (χ0) is 42.8. The van der Waals surface area contributed by atoms with Crippen molar-refractivity contribution >= 4 is 25.7 Å². The molecule has 0 heterocycles. The van der Waals surface area contributed by atoms with Crippen LogP contribution in [0.5, 0.6) is 0 Å². The summed E-state index contributed by atoms with van der Waals surface area (Å²) in [6.45, 7) is 2.51. The molecule has 0 aliphatic carbocycles. The Hall–Kier alpha value is -2.56. The maximum absolute atomic E-state index is 12.3. The Morgan fingerprint density at radius 2 is 0.966 bits per heavy atom. The largest absolute Gasteiger partial charge is 0.480 e. The molecule has 0 spiro atoms. The third kappa shape index (κ3) is 40.2. The number of rotatable bonds is 42. The van der Waals surface area contributed by atoms with Gasteiger partial charge in [0.2, 0.25) is 5.91 Å². The van der Waals surface area contributed by atoms with Crippen LogP contribution in [0.2, 0.25) is 0 Å². The van der Waals surface area contributed by atoms with E-state index in [1.54, 1.807) is 0 Å². The van der Waals surface area contributed by atoms with Crippen molar-refractivity contribution in [1.82, 2.24) is 5.32 Å². The smallest absolute Gasteiger partial charge is 0.472 e. The van der Waals surface area contributed by atoms with Crippen LogP contribution in [-0.4, -0.2) is 64.9 Å². The molecule has 12 heteroatoms. The number of aliphatic hydroxyl groups excluding tert-OH is 1. The summed E-state index contributed by atoms with van der Waals surface area (Å²) in [5.41, 5.74) is 0. The van der Waals surface area contributed by atoms with Crippen LogP contribution in [0.1, 0.15) is 194 Å². The van der Waals surface area contributed by atoms with E-state index in [1.807, 2.05) is 0 Å². The quantitative estimate of drug-likeness (QED) is 0.0201. The predicted molar refractivity (Wildman–Crippen MR) is 235 cm³/mol. The number of carbonyl (C=O) groups is 3. The van der Waals surface area contributed by atoms with E-state index < -0.39 is 57.6 Å². The van der Waals surface area contributed by atoms with Gasteiger partial charge in [0.1, 0.15) is 12.7 Å². The number of phosphoric acid groups is 1. The summed E-state index contributed by atoms with van der Waals surface area (Å²) in [5, 5.41) is 21.8. The Kier molecular flexibility index (Phi) is 39.4. The second kappa shape index (κ2) is 41.2. The van der Waals surface area contributed by atoms with Gasteiger partial charge in [-0.2, -0.15) is 0 Å². The van der Waals surface area contributed by atoms with Gasteiger partial charge in [-0.05, 0) is 70.6 Å². The van der Waals surface area contributed by atoms with Crippen molar-refractivity contribution in [2.45, 2.75) is 206 Å². The van der Waals surface area contributed by atoms with Crippen molar-refractivity contribution in [1.29, 1.82) is 0 Å². The van der Waals surface area contributed by atoms with Crippen LogP contribution in [0.15, 0.2) is 48.6 Å². The molecule has 0 fully saturated rings. The molecule has 0 saturated heterocycles. The van der Waals surface area contributed by atoms with Crippen LogP contribution in [0, 0.1) is 0 Å². The van der Waals surface area contributed by atoms with Gasteiger partial charge in [0, 0.05) is 12.8 Å². The average molecular weight is 840 g/mol. The van der Waals surface area contributed by atoms with Gasteiger partial charge in [-0.15, -0.1) is 0 Å². The molecule has 0 rings (SSSR count). The fraction of sp³-hybridized carbons (Fsp3) is 0.761. The molecule has 11 nitrogen and oxygen atoms in total. The SMILES string of the molecule is CCCC/C=C\CCCCCCCC(=O)NC(COP(=O)(O)OCC(O)COC(=O)CCCCCCCCCCCC/C=C\C/C=C\C/C=C\CCCCC)C(=O)O. The summed E-state index contributed by atoms with van der Waals surface area (Å²) in [6, 6.07) is -1.55. The molecule has 0 radical (unpaired) electrons. The highest BCUT2D eigenvalue weighted by Gasteiger charge is 2.28. The first-order chi connectivity index (χ1) is 28.1. The highest BCUT2D eigenvalue weighted by atomic mass is 31.2. The lowest BCUT2D eigenvalue weighted by atomic mass is 10.1. The van der Waals surface area contributed by atoms with Crippen LogP contribution in [-0.2, 0) is 32.7 Å². The van der Waals surface area contributed by atoms with Gasteiger partial charge in [-0.3, -0.25) is 18.6 Å². The number of aliphatic hydroxyl groups is 1. The van der Waals surface area contributed by atoms with Crippen molar-refractivity contribution < 1.29 is 47.8 Å².